The Morgan fingerprint density at radius 3 is 1.56 bits per heavy atom. The monoisotopic (exact) mass is 426 g/mol. The second kappa shape index (κ2) is 7.74. The van der Waals surface area contributed by atoms with Gasteiger partial charge in [-0.25, -0.2) is 9.59 Å². The zero-order chi connectivity index (χ0) is 22.2. The van der Waals surface area contributed by atoms with Gasteiger partial charge in [0.05, 0.1) is 21.9 Å². The molecule has 158 valence electrons. The van der Waals surface area contributed by atoms with Gasteiger partial charge >= 0.3 is 11.3 Å². The molecule has 0 aliphatic heterocycles. The Bertz CT molecular complexity index is 1460. The molecule has 0 radical (unpaired) electrons. The fraction of sp³-hybridized carbons (Fsp3) is 0.0769. The summed E-state index contributed by atoms with van der Waals surface area (Å²) in [6.45, 7) is 0. The van der Waals surface area contributed by atoms with Crippen LogP contribution in [0.3, 0.4) is 0 Å². The van der Waals surface area contributed by atoms with Gasteiger partial charge in [0.25, 0.3) is 0 Å². The van der Waals surface area contributed by atoms with Crippen molar-refractivity contribution in [3.63, 3.8) is 0 Å². The standard InChI is InChI=1S/C26H18O6/c27-23-16-10-4-6-12-19(16)31-25(29)21(23)18(14-15-8-2-1-3-9-15)22-24(28)17-11-5-7-13-20(17)32-26(22)30/h1-13,18,27-28H,14H2. The number of hydrogen-bond acceptors (Lipinski definition) is 6. The maximum atomic E-state index is 13.0. The lowest BCUT2D eigenvalue weighted by Gasteiger charge is -2.19. The van der Waals surface area contributed by atoms with E-state index in [0.717, 1.165) is 5.56 Å². The van der Waals surface area contributed by atoms with Crippen molar-refractivity contribution in [3.8, 4) is 11.5 Å². The lowest BCUT2D eigenvalue weighted by molar-refractivity contribution is 0.434. The van der Waals surface area contributed by atoms with E-state index in [1.165, 1.54) is 0 Å². The summed E-state index contributed by atoms with van der Waals surface area (Å²) in [6.07, 6.45) is 0.161. The molecular formula is C26H18O6. The number of fused-ring (bicyclic) bond motifs is 2. The molecule has 0 aliphatic rings. The molecule has 2 heterocycles. The van der Waals surface area contributed by atoms with E-state index in [4.69, 9.17) is 8.83 Å². The van der Waals surface area contributed by atoms with Crippen LogP contribution in [0.2, 0.25) is 0 Å². The van der Waals surface area contributed by atoms with Crippen LogP contribution in [0, 0.1) is 0 Å². The van der Waals surface area contributed by atoms with Gasteiger partial charge in [-0.05, 0) is 36.2 Å². The molecule has 0 spiro atoms. The molecule has 2 aromatic heterocycles. The Balaban J connectivity index is 1.83. The molecule has 6 heteroatoms. The van der Waals surface area contributed by atoms with Crippen molar-refractivity contribution in [1.82, 2.24) is 0 Å². The number of rotatable bonds is 4. The summed E-state index contributed by atoms with van der Waals surface area (Å²) >= 11 is 0. The molecule has 0 aliphatic carbocycles. The summed E-state index contributed by atoms with van der Waals surface area (Å²) in [7, 11) is 0. The highest BCUT2D eigenvalue weighted by atomic mass is 16.4. The van der Waals surface area contributed by atoms with Gasteiger partial charge in [0, 0.05) is 5.92 Å². The van der Waals surface area contributed by atoms with Crippen LogP contribution in [-0.4, -0.2) is 10.2 Å². The molecule has 3 aromatic carbocycles. The Labute approximate surface area is 181 Å². The summed E-state index contributed by atoms with van der Waals surface area (Å²) in [6, 6.07) is 22.4. The van der Waals surface area contributed by atoms with Crippen molar-refractivity contribution in [2.45, 2.75) is 12.3 Å². The van der Waals surface area contributed by atoms with Gasteiger partial charge in [-0.2, -0.15) is 0 Å². The van der Waals surface area contributed by atoms with Crippen LogP contribution in [0.1, 0.15) is 22.6 Å². The zero-order valence-electron chi connectivity index (χ0n) is 16.8. The van der Waals surface area contributed by atoms with Gasteiger partial charge in [-0.3, -0.25) is 0 Å². The first kappa shape index (κ1) is 19.6. The largest absolute Gasteiger partial charge is 0.507 e. The van der Waals surface area contributed by atoms with E-state index in [9.17, 15) is 19.8 Å². The van der Waals surface area contributed by atoms with E-state index in [2.05, 4.69) is 0 Å². The van der Waals surface area contributed by atoms with Crippen molar-refractivity contribution in [2.24, 2.45) is 0 Å². The molecule has 2 N–H and O–H groups in total. The predicted octanol–water partition coefficient (Wildman–Crippen LogP) is 4.69. The number of para-hydroxylation sites is 2. The van der Waals surface area contributed by atoms with Gasteiger partial charge in [-0.15, -0.1) is 0 Å². The lowest BCUT2D eigenvalue weighted by Crippen LogP contribution is -2.22. The normalized spacial score (nSPS) is 11.4. The summed E-state index contributed by atoms with van der Waals surface area (Å²) in [5.41, 5.74) is -0.519. The van der Waals surface area contributed by atoms with Crippen LogP contribution >= 0.6 is 0 Å². The van der Waals surface area contributed by atoms with Crippen LogP contribution < -0.4 is 11.3 Å². The van der Waals surface area contributed by atoms with Gasteiger partial charge in [-0.1, -0.05) is 54.6 Å². The molecule has 0 saturated heterocycles. The molecule has 0 bridgehead atoms. The zero-order valence-corrected chi connectivity index (χ0v) is 16.8. The van der Waals surface area contributed by atoms with Crippen molar-refractivity contribution in [2.75, 3.05) is 0 Å². The number of aromatic hydroxyl groups is 2. The van der Waals surface area contributed by atoms with E-state index in [0.29, 0.717) is 10.8 Å². The second-order valence-corrected chi connectivity index (χ2v) is 7.54. The minimum absolute atomic E-state index is 0.106. The highest BCUT2D eigenvalue weighted by molar-refractivity contribution is 5.86. The molecule has 6 nitrogen and oxygen atoms in total. The maximum absolute atomic E-state index is 13.0. The first-order valence-corrected chi connectivity index (χ1v) is 10.1. The third-order valence-electron chi connectivity index (χ3n) is 5.62. The van der Waals surface area contributed by atoms with Crippen LogP contribution in [-0.2, 0) is 6.42 Å². The van der Waals surface area contributed by atoms with E-state index in [-0.39, 0.29) is 40.2 Å². The molecule has 0 amide bonds. The third kappa shape index (κ3) is 3.22. The van der Waals surface area contributed by atoms with Crippen molar-refractivity contribution >= 4 is 21.9 Å². The van der Waals surface area contributed by atoms with E-state index in [1.807, 2.05) is 30.3 Å². The van der Waals surface area contributed by atoms with Crippen LogP contribution in [0.5, 0.6) is 11.5 Å². The first-order chi connectivity index (χ1) is 15.5. The predicted molar refractivity (Wildman–Crippen MR) is 120 cm³/mol. The summed E-state index contributed by atoms with van der Waals surface area (Å²) in [5.74, 6) is -1.58. The molecule has 0 unspecified atom stereocenters. The minimum Gasteiger partial charge on any atom is -0.507 e. The van der Waals surface area contributed by atoms with Gasteiger partial charge in [0.2, 0.25) is 0 Å². The van der Waals surface area contributed by atoms with Crippen LogP contribution in [0.15, 0.2) is 97.3 Å². The number of benzene rings is 3. The van der Waals surface area contributed by atoms with Gasteiger partial charge in [0.1, 0.15) is 22.7 Å². The average molecular weight is 426 g/mol. The van der Waals surface area contributed by atoms with Crippen molar-refractivity contribution < 1.29 is 19.0 Å². The molecule has 5 aromatic rings. The van der Waals surface area contributed by atoms with Crippen molar-refractivity contribution in [1.29, 1.82) is 0 Å². The van der Waals surface area contributed by atoms with Crippen LogP contribution in [0.4, 0.5) is 0 Å². The second-order valence-electron chi connectivity index (χ2n) is 7.54. The van der Waals surface area contributed by atoms with Gasteiger partial charge in [0.15, 0.2) is 0 Å². The Hall–Kier alpha value is -4.32. The van der Waals surface area contributed by atoms with E-state index < -0.39 is 17.2 Å². The fourth-order valence-corrected chi connectivity index (χ4v) is 4.11. The topological polar surface area (TPSA) is 101 Å². The Morgan fingerprint density at radius 1 is 0.625 bits per heavy atom. The SMILES string of the molecule is O=c1oc2ccccc2c(O)c1C(Cc1ccccc1)c1c(O)c2ccccc2oc1=O. The third-order valence-corrected chi connectivity index (χ3v) is 5.62. The fourth-order valence-electron chi connectivity index (χ4n) is 4.11. The van der Waals surface area contributed by atoms with E-state index >= 15 is 0 Å². The van der Waals surface area contributed by atoms with Crippen LogP contribution in [0.25, 0.3) is 21.9 Å². The Morgan fingerprint density at radius 2 is 1.06 bits per heavy atom. The number of hydrogen-bond donors (Lipinski definition) is 2. The smallest absolute Gasteiger partial charge is 0.343 e. The highest BCUT2D eigenvalue weighted by Gasteiger charge is 2.31. The summed E-state index contributed by atoms with van der Waals surface area (Å²) in [4.78, 5) is 26.0. The van der Waals surface area contributed by atoms with Crippen molar-refractivity contribution in [3.05, 3.63) is 116 Å². The molecule has 0 atom stereocenters. The Kier molecular flexibility index (Phi) is 4.75. The maximum Gasteiger partial charge on any atom is 0.343 e. The highest BCUT2D eigenvalue weighted by Crippen LogP contribution is 2.39. The lowest BCUT2D eigenvalue weighted by atomic mass is 9.85. The van der Waals surface area contributed by atoms with Gasteiger partial charge < -0.3 is 19.0 Å². The molecule has 5 rings (SSSR count). The van der Waals surface area contributed by atoms with E-state index in [1.54, 1.807) is 48.5 Å². The quantitative estimate of drug-likeness (QED) is 0.405. The minimum atomic E-state index is -1.00. The molecular weight excluding hydrogens is 408 g/mol. The molecule has 32 heavy (non-hydrogen) atoms. The molecule has 0 saturated carbocycles. The average Bonchev–Trinajstić information content (AvgIpc) is 2.79. The first-order valence-electron chi connectivity index (χ1n) is 10.1. The summed E-state index contributed by atoms with van der Waals surface area (Å²) < 4.78 is 10.9. The summed E-state index contributed by atoms with van der Waals surface area (Å²) in [5, 5.41) is 22.8. The molecule has 0 fully saturated rings.